The smallest absolute Gasteiger partial charge is 0.255 e. The molecule has 5 rings (SSSR count). The fourth-order valence-electron chi connectivity index (χ4n) is 5.95. The Labute approximate surface area is 196 Å². The topological polar surface area (TPSA) is 71.1 Å². The Kier molecular flexibility index (Phi) is 6.43. The second-order valence-corrected chi connectivity index (χ2v) is 9.74. The maximum absolute atomic E-state index is 13.0. The fraction of sp³-hybridized carbons (Fsp3) is 0.615. The molecule has 1 aromatic rings. The first-order valence-electron chi connectivity index (χ1n) is 12.5. The molecule has 1 aromatic carbocycles. The van der Waals surface area contributed by atoms with Gasteiger partial charge in [-0.3, -0.25) is 14.5 Å². The third kappa shape index (κ3) is 4.53. The number of carbonyl (C=O) groups excluding carboxylic acids is 2. The van der Waals surface area contributed by atoms with Gasteiger partial charge in [0.25, 0.3) is 5.91 Å². The van der Waals surface area contributed by atoms with Crippen LogP contribution >= 0.6 is 0 Å². The molecule has 3 heterocycles. The summed E-state index contributed by atoms with van der Waals surface area (Å²) in [6, 6.07) is 5.80. The van der Waals surface area contributed by atoms with Crippen LogP contribution in [0.1, 0.15) is 67.8 Å². The normalized spacial score (nSPS) is 28.8. The number of allylic oxidation sites excluding steroid dienone is 1. The van der Waals surface area contributed by atoms with Gasteiger partial charge in [0, 0.05) is 43.5 Å². The van der Waals surface area contributed by atoms with Gasteiger partial charge in [0.2, 0.25) is 5.91 Å². The van der Waals surface area contributed by atoms with E-state index in [-0.39, 0.29) is 17.9 Å². The van der Waals surface area contributed by atoms with Gasteiger partial charge in [-0.15, -0.1) is 0 Å². The zero-order chi connectivity index (χ0) is 22.9. The lowest BCUT2D eigenvalue weighted by Gasteiger charge is -2.38. The number of hydrogen-bond donors (Lipinski definition) is 1. The van der Waals surface area contributed by atoms with Crippen molar-refractivity contribution in [3.05, 3.63) is 41.6 Å². The Balaban J connectivity index is 1.23. The number of nitrogens with zero attached hydrogens (tertiary/aromatic N) is 2. The number of amides is 2. The average molecular weight is 454 g/mol. The van der Waals surface area contributed by atoms with Crippen molar-refractivity contribution >= 4 is 11.8 Å². The zero-order valence-corrected chi connectivity index (χ0v) is 19.6. The third-order valence-corrected chi connectivity index (χ3v) is 7.66. The van der Waals surface area contributed by atoms with Crippen LogP contribution in [0.2, 0.25) is 0 Å². The number of nitrogens with one attached hydrogen (secondary N) is 1. The number of benzene rings is 1. The number of hydrogen-bond acceptors (Lipinski definition) is 5. The molecule has 3 atom stereocenters. The van der Waals surface area contributed by atoms with Crippen LogP contribution in [0, 0.1) is 0 Å². The van der Waals surface area contributed by atoms with E-state index in [1.807, 2.05) is 18.2 Å². The van der Waals surface area contributed by atoms with Gasteiger partial charge in [-0.2, -0.15) is 0 Å². The molecule has 7 heteroatoms. The largest absolute Gasteiger partial charge is 0.489 e. The van der Waals surface area contributed by atoms with Gasteiger partial charge in [-0.05, 0) is 75.6 Å². The molecule has 3 aliphatic heterocycles. The van der Waals surface area contributed by atoms with Crippen molar-refractivity contribution in [2.75, 3.05) is 19.7 Å². The summed E-state index contributed by atoms with van der Waals surface area (Å²) in [6.45, 7) is 9.28. The molecule has 7 nitrogen and oxygen atoms in total. The minimum absolute atomic E-state index is 0.0693. The van der Waals surface area contributed by atoms with Gasteiger partial charge in [0.15, 0.2) is 0 Å². The maximum atomic E-state index is 13.0. The lowest BCUT2D eigenvalue weighted by Crippen LogP contribution is -2.49. The summed E-state index contributed by atoms with van der Waals surface area (Å²) >= 11 is 0. The van der Waals surface area contributed by atoms with E-state index in [2.05, 4.69) is 23.7 Å². The Morgan fingerprint density at radius 1 is 1.12 bits per heavy atom. The van der Waals surface area contributed by atoms with E-state index in [9.17, 15) is 9.59 Å². The SMILES string of the molecule is C=C1CCC(N2Cc3cc(O[C@@H]4CCC[C@@H]4N4CCC(OCC)CC4)ccc3C2=O)C(=O)N1. The highest BCUT2D eigenvalue weighted by atomic mass is 16.5. The standard InChI is InChI=1S/C26H35N3O4/c1-3-32-19-11-13-28(14-12-19)22-5-4-6-24(22)33-20-8-9-21-18(15-20)16-29(26(21)31)23-10-7-17(2)27-25(23)30/h8-9,15,19,22-24H,2-7,10-14,16H2,1H3,(H,27,30)/t22-,23?,24+/m0/s1. The molecule has 33 heavy (non-hydrogen) atoms. The lowest BCUT2D eigenvalue weighted by atomic mass is 10.0. The Morgan fingerprint density at radius 3 is 2.70 bits per heavy atom. The molecule has 4 aliphatic rings. The zero-order valence-electron chi connectivity index (χ0n) is 19.6. The van der Waals surface area contributed by atoms with Crippen molar-refractivity contribution in [2.24, 2.45) is 0 Å². The monoisotopic (exact) mass is 453 g/mol. The van der Waals surface area contributed by atoms with Gasteiger partial charge in [-0.1, -0.05) is 6.58 Å². The quantitative estimate of drug-likeness (QED) is 0.716. The van der Waals surface area contributed by atoms with Crippen LogP contribution in [0.5, 0.6) is 5.75 Å². The van der Waals surface area contributed by atoms with E-state index in [0.29, 0.717) is 37.1 Å². The molecule has 1 N–H and O–H groups in total. The molecule has 2 amide bonds. The minimum Gasteiger partial charge on any atom is -0.489 e. The van der Waals surface area contributed by atoms with Crippen molar-refractivity contribution < 1.29 is 19.1 Å². The predicted octanol–water partition coefficient (Wildman–Crippen LogP) is 3.24. The summed E-state index contributed by atoms with van der Waals surface area (Å²) < 4.78 is 12.3. The Morgan fingerprint density at radius 2 is 1.94 bits per heavy atom. The van der Waals surface area contributed by atoms with Crippen molar-refractivity contribution in [2.45, 2.75) is 82.7 Å². The Bertz CT molecular complexity index is 924. The number of carbonyl (C=O) groups is 2. The van der Waals surface area contributed by atoms with Crippen LogP contribution in [-0.4, -0.2) is 65.6 Å². The highest BCUT2D eigenvalue weighted by molar-refractivity contribution is 6.01. The molecule has 178 valence electrons. The number of likely N-dealkylation sites (tertiary alicyclic amines) is 1. The molecular formula is C26H35N3O4. The van der Waals surface area contributed by atoms with Crippen molar-refractivity contribution in [1.82, 2.24) is 15.1 Å². The van der Waals surface area contributed by atoms with E-state index < -0.39 is 6.04 Å². The second kappa shape index (κ2) is 9.47. The third-order valence-electron chi connectivity index (χ3n) is 7.66. The van der Waals surface area contributed by atoms with Crippen LogP contribution in [0.4, 0.5) is 0 Å². The number of rotatable bonds is 6. The predicted molar refractivity (Wildman–Crippen MR) is 125 cm³/mol. The molecular weight excluding hydrogens is 418 g/mol. The number of ether oxygens (including phenoxy) is 2. The average Bonchev–Trinajstić information content (AvgIpc) is 3.39. The molecule has 0 spiro atoms. The van der Waals surface area contributed by atoms with Crippen LogP contribution in [-0.2, 0) is 16.1 Å². The van der Waals surface area contributed by atoms with Gasteiger partial charge in [0.05, 0.1) is 6.10 Å². The van der Waals surface area contributed by atoms with E-state index >= 15 is 0 Å². The molecule has 2 saturated heterocycles. The van der Waals surface area contributed by atoms with E-state index in [4.69, 9.17) is 9.47 Å². The first-order valence-corrected chi connectivity index (χ1v) is 12.5. The van der Waals surface area contributed by atoms with Gasteiger partial charge < -0.3 is 19.7 Å². The molecule has 1 unspecified atom stereocenters. The summed E-state index contributed by atoms with van der Waals surface area (Å²) in [5.41, 5.74) is 2.35. The van der Waals surface area contributed by atoms with E-state index in [0.717, 1.165) is 56.0 Å². The van der Waals surface area contributed by atoms with Crippen LogP contribution < -0.4 is 10.1 Å². The van der Waals surface area contributed by atoms with Crippen LogP contribution in [0.15, 0.2) is 30.5 Å². The summed E-state index contributed by atoms with van der Waals surface area (Å²) in [5, 5.41) is 2.79. The molecule has 1 saturated carbocycles. The molecule has 3 fully saturated rings. The minimum atomic E-state index is -0.432. The van der Waals surface area contributed by atoms with Crippen LogP contribution in [0.3, 0.4) is 0 Å². The summed E-state index contributed by atoms with van der Waals surface area (Å²) in [7, 11) is 0. The van der Waals surface area contributed by atoms with Gasteiger partial charge in [0.1, 0.15) is 17.9 Å². The molecule has 0 radical (unpaired) electrons. The molecule has 1 aliphatic carbocycles. The van der Waals surface area contributed by atoms with E-state index in [1.165, 1.54) is 12.8 Å². The van der Waals surface area contributed by atoms with Gasteiger partial charge >= 0.3 is 0 Å². The summed E-state index contributed by atoms with van der Waals surface area (Å²) in [5.74, 6) is 0.622. The van der Waals surface area contributed by atoms with E-state index in [1.54, 1.807) is 4.90 Å². The lowest BCUT2D eigenvalue weighted by molar-refractivity contribution is -0.126. The molecule has 0 aromatic heterocycles. The maximum Gasteiger partial charge on any atom is 0.255 e. The fourth-order valence-corrected chi connectivity index (χ4v) is 5.95. The summed E-state index contributed by atoms with van der Waals surface area (Å²) in [6.07, 6.45) is 7.50. The molecule has 0 bridgehead atoms. The van der Waals surface area contributed by atoms with Crippen LogP contribution in [0.25, 0.3) is 0 Å². The summed E-state index contributed by atoms with van der Waals surface area (Å²) in [4.78, 5) is 29.7. The highest BCUT2D eigenvalue weighted by Gasteiger charge is 2.39. The number of piperidine rings is 2. The second-order valence-electron chi connectivity index (χ2n) is 9.74. The first-order chi connectivity index (χ1) is 16.0. The highest BCUT2D eigenvalue weighted by Crippen LogP contribution is 2.34. The van der Waals surface area contributed by atoms with Gasteiger partial charge in [-0.25, -0.2) is 0 Å². The Hall–Kier alpha value is -2.38. The first kappa shape index (κ1) is 22.4. The van der Waals surface area contributed by atoms with Crippen molar-refractivity contribution in [1.29, 1.82) is 0 Å². The van der Waals surface area contributed by atoms with Crippen molar-refractivity contribution in [3.63, 3.8) is 0 Å². The number of fused-ring (bicyclic) bond motifs is 1. The van der Waals surface area contributed by atoms with Crippen molar-refractivity contribution in [3.8, 4) is 5.75 Å².